The summed E-state index contributed by atoms with van der Waals surface area (Å²) in [5, 5.41) is 11.1. The first-order valence-electron chi connectivity index (χ1n) is 11.0. The summed E-state index contributed by atoms with van der Waals surface area (Å²) in [4.78, 5) is 28.0. The molecule has 30 heavy (non-hydrogen) atoms. The fourth-order valence-electron chi connectivity index (χ4n) is 4.82. The second kappa shape index (κ2) is 9.82. The largest absolute Gasteiger partial charge is 0.452 e. The van der Waals surface area contributed by atoms with Gasteiger partial charge in [-0.2, -0.15) is 4.68 Å². The van der Waals surface area contributed by atoms with Crippen molar-refractivity contribution in [2.75, 3.05) is 6.61 Å². The van der Waals surface area contributed by atoms with Gasteiger partial charge in [-0.25, -0.2) is 4.79 Å². The van der Waals surface area contributed by atoms with Gasteiger partial charge in [0.15, 0.2) is 6.61 Å². The van der Waals surface area contributed by atoms with E-state index in [1.54, 1.807) is 24.3 Å². The fraction of sp³-hybridized carbons (Fsp3) is 0.591. The lowest BCUT2D eigenvalue weighted by Gasteiger charge is -2.41. The molecule has 2 aliphatic carbocycles. The van der Waals surface area contributed by atoms with Gasteiger partial charge in [-0.1, -0.05) is 50.7 Å². The molecule has 8 nitrogen and oxygen atoms in total. The minimum atomic E-state index is -0.540. The molecule has 0 saturated heterocycles. The highest BCUT2D eigenvalue weighted by Gasteiger charge is 2.33. The number of carbonyl (C=O) groups is 2. The van der Waals surface area contributed by atoms with E-state index in [4.69, 9.17) is 4.74 Å². The molecule has 2 aromatic rings. The standard InChI is InChI=1S/C22H29N5O3/c28-21(27(17-9-3-1-4-10-17)18-11-5-2-6-12-18)15-30-22(29)19-13-7-8-14-20(19)26-16-23-24-25-26/h7-8,13-14,16-18H,1-6,9-12,15H2. The highest BCUT2D eigenvalue weighted by atomic mass is 16.5. The topological polar surface area (TPSA) is 90.2 Å². The highest BCUT2D eigenvalue weighted by molar-refractivity contribution is 5.94. The Morgan fingerprint density at radius 3 is 2.20 bits per heavy atom. The predicted molar refractivity (Wildman–Crippen MR) is 110 cm³/mol. The number of esters is 1. The molecular formula is C22H29N5O3. The number of ether oxygens (including phenoxy) is 1. The summed E-state index contributed by atoms with van der Waals surface area (Å²) < 4.78 is 6.89. The second-order valence-electron chi connectivity index (χ2n) is 8.23. The monoisotopic (exact) mass is 411 g/mol. The lowest BCUT2D eigenvalue weighted by Crippen LogP contribution is -2.50. The van der Waals surface area contributed by atoms with Crippen LogP contribution < -0.4 is 0 Å². The lowest BCUT2D eigenvalue weighted by molar-refractivity contribution is -0.141. The summed E-state index contributed by atoms with van der Waals surface area (Å²) in [6.07, 6.45) is 12.8. The highest BCUT2D eigenvalue weighted by Crippen LogP contribution is 2.30. The van der Waals surface area contributed by atoms with Crippen molar-refractivity contribution in [3.8, 4) is 5.69 Å². The Labute approximate surface area is 176 Å². The molecule has 2 saturated carbocycles. The normalized spacial score (nSPS) is 18.1. The Bertz CT molecular complexity index is 824. The van der Waals surface area contributed by atoms with Gasteiger partial charge in [-0.15, -0.1) is 5.10 Å². The fourth-order valence-corrected chi connectivity index (χ4v) is 4.82. The van der Waals surface area contributed by atoms with Crippen LogP contribution in [0.5, 0.6) is 0 Å². The van der Waals surface area contributed by atoms with Crippen LogP contribution in [0.2, 0.25) is 0 Å². The van der Waals surface area contributed by atoms with E-state index in [-0.39, 0.29) is 24.6 Å². The number of carbonyl (C=O) groups excluding carboxylic acids is 2. The Balaban J connectivity index is 1.45. The van der Waals surface area contributed by atoms with Gasteiger partial charge in [0, 0.05) is 12.1 Å². The van der Waals surface area contributed by atoms with Gasteiger partial charge in [-0.05, 0) is 48.2 Å². The van der Waals surface area contributed by atoms with E-state index in [0.29, 0.717) is 11.3 Å². The number of hydrogen-bond donors (Lipinski definition) is 0. The van der Waals surface area contributed by atoms with Crippen molar-refractivity contribution in [3.63, 3.8) is 0 Å². The Morgan fingerprint density at radius 2 is 1.60 bits per heavy atom. The average Bonchev–Trinajstić information content (AvgIpc) is 3.34. The Hall–Kier alpha value is -2.77. The molecule has 1 aromatic heterocycles. The molecule has 0 aliphatic heterocycles. The van der Waals surface area contributed by atoms with Gasteiger partial charge in [0.05, 0.1) is 11.3 Å². The molecule has 0 spiro atoms. The molecule has 0 atom stereocenters. The molecule has 1 heterocycles. The molecule has 2 fully saturated rings. The SMILES string of the molecule is O=C(OCC(=O)N(C1CCCCC1)C1CCCCC1)c1ccccc1-n1cnnn1. The summed E-state index contributed by atoms with van der Waals surface area (Å²) in [7, 11) is 0. The molecule has 1 amide bonds. The maximum atomic E-state index is 13.2. The van der Waals surface area contributed by atoms with Crippen LogP contribution in [0.15, 0.2) is 30.6 Å². The van der Waals surface area contributed by atoms with Gasteiger partial charge in [0.25, 0.3) is 5.91 Å². The number of tetrazole rings is 1. The van der Waals surface area contributed by atoms with Crippen molar-refractivity contribution in [2.45, 2.75) is 76.3 Å². The van der Waals surface area contributed by atoms with E-state index in [2.05, 4.69) is 20.4 Å². The van der Waals surface area contributed by atoms with Gasteiger partial charge in [0.1, 0.15) is 6.33 Å². The molecular weight excluding hydrogens is 382 g/mol. The van der Waals surface area contributed by atoms with E-state index in [0.717, 1.165) is 25.7 Å². The van der Waals surface area contributed by atoms with Crippen LogP contribution in [0.3, 0.4) is 0 Å². The number of para-hydroxylation sites is 1. The number of aromatic nitrogens is 4. The Morgan fingerprint density at radius 1 is 0.967 bits per heavy atom. The number of hydrogen-bond acceptors (Lipinski definition) is 6. The summed E-state index contributed by atoms with van der Waals surface area (Å²) >= 11 is 0. The number of amides is 1. The number of rotatable bonds is 6. The van der Waals surface area contributed by atoms with Crippen LogP contribution in [-0.4, -0.2) is 55.7 Å². The average molecular weight is 412 g/mol. The van der Waals surface area contributed by atoms with Crippen LogP contribution in [-0.2, 0) is 9.53 Å². The summed E-state index contributed by atoms with van der Waals surface area (Å²) in [6, 6.07) is 7.51. The van der Waals surface area contributed by atoms with Crippen LogP contribution in [0.1, 0.15) is 74.6 Å². The zero-order valence-electron chi connectivity index (χ0n) is 17.3. The van der Waals surface area contributed by atoms with Crippen LogP contribution in [0, 0.1) is 0 Å². The van der Waals surface area contributed by atoms with Crippen molar-refractivity contribution >= 4 is 11.9 Å². The third kappa shape index (κ3) is 4.68. The molecule has 0 bridgehead atoms. The molecule has 1 aromatic carbocycles. The van der Waals surface area contributed by atoms with Gasteiger partial charge in [-0.3, -0.25) is 4.79 Å². The number of nitrogens with zero attached hydrogens (tertiary/aromatic N) is 5. The first-order valence-corrected chi connectivity index (χ1v) is 11.0. The third-order valence-electron chi connectivity index (χ3n) is 6.27. The Kier molecular flexibility index (Phi) is 6.71. The minimum absolute atomic E-state index is 0.0675. The zero-order valence-corrected chi connectivity index (χ0v) is 17.3. The van der Waals surface area contributed by atoms with Crippen molar-refractivity contribution in [1.29, 1.82) is 0 Å². The molecule has 160 valence electrons. The van der Waals surface area contributed by atoms with E-state index >= 15 is 0 Å². The van der Waals surface area contributed by atoms with E-state index in [1.165, 1.54) is 49.5 Å². The molecule has 0 radical (unpaired) electrons. The van der Waals surface area contributed by atoms with E-state index in [9.17, 15) is 9.59 Å². The minimum Gasteiger partial charge on any atom is -0.452 e. The maximum absolute atomic E-state index is 13.2. The van der Waals surface area contributed by atoms with Crippen molar-refractivity contribution in [2.24, 2.45) is 0 Å². The van der Waals surface area contributed by atoms with E-state index < -0.39 is 5.97 Å². The first-order chi connectivity index (χ1) is 14.7. The second-order valence-corrected chi connectivity index (χ2v) is 8.23. The number of benzene rings is 1. The van der Waals surface area contributed by atoms with Crippen molar-refractivity contribution in [1.82, 2.24) is 25.1 Å². The lowest BCUT2D eigenvalue weighted by atomic mass is 9.88. The van der Waals surface area contributed by atoms with E-state index in [1.807, 2.05) is 0 Å². The van der Waals surface area contributed by atoms with Crippen LogP contribution >= 0.6 is 0 Å². The maximum Gasteiger partial charge on any atom is 0.340 e. The van der Waals surface area contributed by atoms with Crippen molar-refractivity contribution < 1.29 is 14.3 Å². The first kappa shape index (κ1) is 20.5. The smallest absolute Gasteiger partial charge is 0.340 e. The molecule has 8 heteroatoms. The molecule has 0 unspecified atom stereocenters. The summed E-state index contributed by atoms with van der Waals surface area (Å²) in [5.41, 5.74) is 0.857. The van der Waals surface area contributed by atoms with Crippen molar-refractivity contribution in [3.05, 3.63) is 36.2 Å². The van der Waals surface area contributed by atoms with Crippen LogP contribution in [0.25, 0.3) is 5.69 Å². The van der Waals surface area contributed by atoms with Crippen LogP contribution in [0.4, 0.5) is 0 Å². The molecule has 0 N–H and O–H groups in total. The quantitative estimate of drug-likeness (QED) is 0.678. The summed E-state index contributed by atoms with van der Waals surface area (Å²) in [5.74, 6) is -0.608. The van der Waals surface area contributed by atoms with Gasteiger partial charge >= 0.3 is 5.97 Å². The van der Waals surface area contributed by atoms with Gasteiger partial charge in [0.2, 0.25) is 0 Å². The van der Waals surface area contributed by atoms with Gasteiger partial charge < -0.3 is 9.64 Å². The zero-order chi connectivity index (χ0) is 20.8. The molecule has 2 aliphatic rings. The predicted octanol–water partition coefficient (Wildman–Crippen LogP) is 3.31. The third-order valence-corrected chi connectivity index (χ3v) is 6.27. The summed E-state index contributed by atoms with van der Waals surface area (Å²) in [6.45, 7) is -0.226. The molecule has 4 rings (SSSR count).